The van der Waals surface area contributed by atoms with Crippen LogP contribution in [-0.2, 0) is 11.8 Å². The fraction of sp³-hybridized carbons (Fsp3) is 0.111. The van der Waals surface area contributed by atoms with E-state index in [9.17, 15) is 4.79 Å². The van der Waals surface area contributed by atoms with E-state index >= 15 is 0 Å². The molecule has 3 rings (SSSR count). The summed E-state index contributed by atoms with van der Waals surface area (Å²) in [5.74, 6) is 0.202. The zero-order valence-corrected chi connectivity index (χ0v) is 13.9. The summed E-state index contributed by atoms with van der Waals surface area (Å²) in [6.07, 6.45) is 6.01. The molecule has 0 aliphatic rings. The van der Waals surface area contributed by atoms with E-state index < -0.39 is 0 Å². The highest BCUT2D eigenvalue weighted by molar-refractivity contribution is 6.00. The highest BCUT2D eigenvalue weighted by atomic mass is 16.5. The van der Waals surface area contributed by atoms with Crippen LogP contribution in [0.25, 0.3) is 11.4 Å². The molecule has 0 saturated carbocycles. The lowest BCUT2D eigenvalue weighted by Gasteiger charge is -2.07. The Morgan fingerprint density at radius 1 is 1.32 bits per heavy atom. The van der Waals surface area contributed by atoms with Gasteiger partial charge in [0.1, 0.15) is 5.49 Å². The van der Waals surface area contributed by atoms with Gasteiger partial charge < -0.3 is 14.4 Å². The molecule has 25 heavy (non-hydrogen) atoms. The van der Waals surface area contributed by atoms with Gasteiger partial charge >= 0.3 is 0 Å². The summed E-state index contributed by atoms with van der Waals surface area (Å²) in [4.78, 5) is 20.4. The zero-order valence-electron chi connectivity index (χ0n) is 13.9. The van der Waals surface area contributed by atoms with Crippen molar-refractivity contribution in [3.63, 3.8) is 0 Å². The van der Waals surface area contributed by atoms with E-state index in [4.69, 9.17) is 4.52 Å². The second-order valence-electron chi connectivity index (χ2n) is 5.39. The lowest BCUT2D eigenvalue weighted by molar-refractivity contribution is -0.111. The number of hydrogen-bond donors (Lipinski definition) is 1. The maximum absolute atomic E-state index is 12.1. The Labute approximate surface area is 144 Å². The monoisotopic (exact) mass is 335 g/mol. The van der Waals surface area contributed by atoms with Gasteiger partial charge in [0.25, 0.3) is 0 Å². The van der Waals surface area contributed by atoms with Gasteiger partial charge in [-0.05, 0) is 30.7 Å². The molecule has 3 aromatic rings. The molecule has 0 bridgehead atoms. The summed E-state index contributed by atoms with van der Waals surface area (Å²) in [5, 5.41) is 6.63. The maximum atomic E-state index is 12.1. The second-order valence-corrected chi connectivity index (χ2v) is 5.39. The average Bonchev–Trinajstić information content (AvgIpc) is 3.13. The van der Waals surface area contributed by atoms with Gasteiger partial charge in [0.15, 0.2) is 0 Å². The normalized spacial score (nSPS) is 11.8. The molecule has 0 radical (unpaired) electrons. The average molecular weight is 335 g/mol. The molecule has 7 heteroatoms. The number of nitrogens with zero attached hydrogens (tertiary/aromatic N) is 4. The van der Waals surface area contributed by atoms with E-state index in [0.717, 1.165) is 16.6 Å². The van der Waals surface area contributed by atoms with Gasteiger partial charge in [0.05, 0.1) is 0 Å². The zero-order chi connectivity index (χ0) is 17.6. The molecular weight excluding hydrogens is 318 g/mol. The van der Waals surface area contributed by atoms with E-state index in [1.165, 1.54) is 18.7 Å². The van der Waals surface area contributed by atoms with E-state index in [1.807, 2.05) is 55.1 Å². The van der Waals surface area contributed by atoms with E-state index in [1.54, 1.807) is 6.07 Å². The van der Waals surface area contributed by atoms with Crippen molar-refractivity contribution in [2.45, 2.75) is 6.92 Å². The largest absolute Gasteiger partial charge is 0.342 e. The number of benzene rings is 1. The molecule has 0 saturated heterocycles. The van der Waals surface area contributed by atoms with Crippen LogP contribution in [0.4, 0.5) is 5.69 Å². The van der Waals surface area contributed by atoms with E-state index in [0.29, 0.717) is 11.5 Å². The summed E-state index contributed by atoms with van der Waals surface area (Å²) in [6.45, 7) is 1.91. The molecule has 0 aliphatic heterocycles. The van der Waals surface area contributed by atoms with Crippen molar-refractivity contribution in [2.75, 3.05) is 5.32 Å². The molecule has 1 aromatic carbocycles. The van der Waals surface area contributed by atoms with Crippen molar-refractivity contribution in [1.29, 1.82) is 0 Å². The van der Waals surface area contributed by atoms with Gasteiger partial charge in [-0.25, -0.2) is 4.99 Å². The van der Waals surface area contributed by atoms with Gasteiger partial charge in [0, 0.05) is 36.8 Å². The number of aromatic nitrogens is 3. The topological polar surface area (TPSA) is 85.3 Å². The fourth-order valence-corrected chi connectivity index (χ4v) is 2.20. The van der Waals surface area contributed by atoms with Crippen LogP contribution in [0.1, 0.15) is 5.56 Å². The van der Waals surface area contributed by atoms with Gasteiger partial charge in [-0.15, -0.1) is 0 Å². The number of carbonyl (C=O) groups excluding carboxylic acids is 1. The maximum Gasteiger partial charge on any atom is 0.249 e. The molecule has 126 valence electrons. The van der Waals surface area contributed by atoms with Crippen molar-refractivity contribution >= 4 is 11.6 Å². The summed E-state index contributed by atoms with van der Waals surface area (Å²) < 4.78 is 6.61. The van der Waals surface area contributed by atoms with Crippen LogP contribution in [0.5, 0.6) is 0 Å². The van der Waals surface area contributed by atoms with Gasteiger partial charge in [-0.1, -0.05) is 23.4 Å². The predicted octanol–water partition coefficient (Wildman–Crippen LogP) is 2.44. The number of rotatable bonds is 4. The summed E-state index contributed by atoms with van der Waals surface area (Å²) >= 11 is 0. The molecule has 0 atom stereocenters. The highest BCUT2D eigenvalue weighted by Gasteiger charge is 2.07. The van der Waals surface area contributed by atoms with Crippen molar-refractivity contribution in [2.24, 2.45) is 12.0 Å². The molecule has 0 unspecified atom stereocenters. The van der Waals surface area contributed by atoms with Crippen LogP contribution in [0.15, 0.2) is 70.8 Å². The fourth-order valence-electron chi connectivity index (χ4n) is 2.20. The Balaban J connectivity index is 1.75. The van der Waals surface area contributed by atoms with Crippen LogP contribution in [0, 0.1) is 6.92 Å². The molecule has 2 heterocycles. The van der Waals surface area contributed by atoms with Crippen LogP contribution in [-0.4, -0.2) is 20.6 Å². The van der Waals surface area contributed by atoms with Crippen molar-refractivity contribution in [3.05, 3.63) is 72.3 Å². The Bertz CT molecular complexity index is 971. The van der Waals surface area contributed by atoms with Gasteiger partial charge in [-0.3, -0.25) is 4.79 Å². The molecule has 2 aromatic heterocycles. The van der Waals surface area contributed by atoms with Gasteiger partial charge in [0.2, 0.25) is 18.1 Å². The third-order valence-electron chi connectivity index (χ3n) is 3.58. The highest BCUT2D eigenvalue weighted by Crippen LogP contribution is 2.22. The SMILES string of the molecule is Cc1ccc(-c2ncon2)cc1NC(=O)/C=C/N=c1ccccn1C. The third kappa shape index (κ3) is 4.08. The first-order valence-corrected chi connectivity index (χ1v) is 7.64. The molecule has 1 N–H and O–H groups in total. The minimum Gasteiger partial charge on any atom is -0.342 e. The number of hydrogen-bond acceptors (Lipinski definition) is 5. The Hall–Kier alpha value is -3.48. The number of carbonyl (C=O) groups is 1. The van der Waals surface area contributed by atoms with Gasteiger partial charge in [-0.2, -0.15) is 4.98 Å². The minimum atomic E-state index is -0.268. The molecule has 7 nitrogen and oxygen atoms in total. The number of nitrogens with one attached hydrogen (secondary N) is 1. The molecule has 1 amide bonds. The standard InChI is InChI=1S/C18H17N5O2/c1-13-6-7-14(18-20-12-25-22-18)11-15(13)21-17(24)8-9-19-16-5-3-4-10-23(16)2/h3-12H,1-2H3,(H,21,24)/b9-8+,19-16?. The molecule has 0 fully saturated rings. The number of aryl methyl sites for hydroxylation is 2. The van der Waals surface area contributed by atoms with E-state index in [2.05, 4.69) is 20.4 Å². The first-order chi connectivity index (χ1) is 12.1. The van der Waals surface area contributed by atoms with Crippen LogP contribution in [0.2, 0.25) is 0 Å². The smallest absolute Gasteiger partial charge is 0.249 e. The predicted molar refractivity (Wildman–Crippen MR) is 93.2 cm³/mol. The Kier molecular flexibility index (Phi) is 4.84. The molecule has 0 aliphatic carbocycles. The summed E-state index contributed by atoms with van der Waals surface area (Å²) in [5.41, 5.74) is 3.13. The third-order valence-corrected chi connectivity index (χ3v) is 3.58. The first-order valence-electron chi connectivity index (χ1n) is 7.64. The van der Waals surface area contributed by atoms with Crippen molar-refractivity contribution in [3.8, 4) is 11.4 Å². The second kappa shape index (κ2) is 7.39. The van der Waals surface area contributed by atoms with Crippen molar-refractivity contribution in [1.82, 2.24) is 14.7 Å². The summed E-state index contributed by atoms with van der Waals surface area (Å²) in [6, 6.07) is 11.2. The summed E-state index contributed by atoms with van der Waals surface area (Å²) in [7, 11) is 1.89. The molecular formula is C18H17N5O2. The Morgan fingerprint density at radius 3 is 2.96 bits per heavy atom. The van der Waals surface area contributed by atoms with Crippen LogP contribution >= 0.6 is 0 Å². The Morgan fingerprint density at radius 2 is 2.20 bits per heavy atom. The number of amides is 1. The van der Waals surface area contributed by atoms with E-state index in [-0.39, 0.29) is 5.91 Å². The number of pyridine rings is 1. The lowest BCUT2D eigenvalue weighted by atomic mass is 10.1. The van der Waals surface area contributed by atoms with Crippen LogP contribution < -0.4 is 10.8 Å². The minimum absolute atomic E-state index is 0.268. The molecule has 0 spiro atoms. The number of anilines is 1. The first kappa shape index (κ1) is 16.4. The lowest BCUT2D eigenvalue weighted by Crippen LogP contribution is -2.15. The van der Waals surface area contributed by atoms with Crippen LogP contribution in [0.3, 0.4) is 0 Å². The van der Waals surface area contributed by atoms with Crippen molar-refractivity contribution < 1.29 is 9.32 Å². The quantitative estimate of drug-likeness (QED) is 0.742.